The van der Waals surface area contributed by atoms with Gasteiger partial charge < -0.3 is 5.32 Å². The molecule has 1 amide bonds. The van der Waals surface area contributed by atoms with Crippen LogP contribution < -0.4 is 5.32 Å². The molecule has 0 fully saturated rings. The second-order valence-electron chi connectivity index (χ2n) is 6.68. The van der Waals surface area contributed by atoms with Crippen molar-refractivity contribution in [2.45, 2.75) is 0 Å². The van der Waals surface area contributed by atoms with Crippen LogP contribution in [-0.4, -0.2) is 16.1 Å². The van der Waals surface area contributed by atoms with Crippen LogP contribution in [-0.2, 0) is 0 Å². The average molecular weight is 395 g/mol. The highest BCUT2D eigenvalue weighted by atomic mass is 32.1. The minimum Gasteiger partial charge on any atom is -0.321 e. The normalized spacial score (nSPS) is 11.4. The molecule has 0 unspecified atom stereocenters. The molecule has 0 saturated heterocycles. The Hall–Kier alpha value is -3.70. The number of aromatic nitrogens is 2. The average Bonchev–Trinajstić information content (AvgIpc) is 3.37. The summed E-state index contributed by atoms with van der Waals surface area (Å²) in [6.07, 6.45) is 3.94. The fraction of sp³-hybridized carbons (Fsp3) is 0. The number of nitrogens with one attached hydrogen (secondary N) is 2. The molecule has 0 bridgehead atoms. The minimum atomic E-state index is -0.0998. The summed E-state index contributed by atoms with van der Waals surface area (Å²) in [5, 5.41) is 12.6. The van der Waals surface area contributed by atoms with Gasteiger partial charge in [0.2, 0.25) is 0 Å². The molecule has 0 atom stereocenters. The maximum atomic E-state index is 12.8. The first-order valence-corrected chi connectivity index (χ1v) is 10.1. The van der Waals surface area contributed by atoms with E-state index in [4.69, 9.17) is 0 Å². The number of anilines is 1. The molecule has 5 rings (SSSR count). The third kappa shape index (κ3) is 3.44. The fourth-order valence-corrected chi connectivity index (χ4v) is 4.27. The molecular formula is C24H17N3OS. The van der Waals surface area contributed by atoms with E-state index in [1.165, 1.54) is 11.3 Å². The van der Waals surface area contributed by atoms with Crippen LogP contribution in [0.3, 0.4) is 0 Å². The van der Waals surface area contributed by atoms with Crippen molar-refractivity contribution in [2.75, 3.05) is 5.32 Å². The van der Waals surface area contributed by atoms with Gasteiger partial charge in [0.25, 0.3) is 5.91 Å². The molecule has 4 nitrogen and oxygen atoms in total. The van der Waals surface area contributed by atoms with Crippen molar-refractivity contribution in [3.63, 3.8) is 0 Å². The largest absolute Gasteiger partial charge is 0.321 e. The number of fused-ring (bicyclic) bond motifs is 2. The first-order chi connectivity index (χ1) is 14.3. The number of benzene rings is 3. The molecule has 29 heavy (non-hydrogen) atoms. The van der Waals surface area contributed by atoms with E-state index in [2.05, 4.69) is 15.5 Å². The number of H-pyrrole nitrogens is 1. The summed E-state index contributed by atoms with van der Waals surface area (Å²) < 4.78 is 1.11. The Morgan fingerprint density at radius 3 is 2.66 bits per heavy atom. The van der Waals surface area contributed by atoms with Gasteiger partial charge in [-0.3, -0.25) is 9.89 Å². The van der Waals surface area contributed by atoms with E-state index in [1.54, 1.807) is 0 Å². The van der Waals surface area contributed by atoms with Crippen molar-refractivity contribution >= 4 is 56.1 Å². The van der Waals surface area contributed by atoms with Gasteiger partial charge >= 0.3 is 0 Å². The fourth-order valence-electron chi connectivity index (χ4n) is 3.31. The zero-order valence-electron chi connectivity index (χ0n) is 15.4. The standard InChI is InChI=1S/C24H17N3OS/c28-24(23-15-17-8-2-6-12-22(17)29-23)25-19-10-4-1-7-16(19)13-14-21-18-9-3-5-11-20(18)26-27-21/h1-15H,(H,25,28)(H,26,27)/b14-13+. The van der Waals surface area contributed by atoms with Crippen LogP contribution in [0.15, 0.2) is 78.9 Å². The van der Waals surface area contributed by atoms with Crippen molar-refractivity contribution in [1.29, 1.82) is 0 Å². The lowest BCUT2D eigenvalue weighted by molar-refractivity contribution is 0.103. The minimum absolute atomic E-state index is 0.0998. The number of hydrogen-bond donors (Lipinski definition) is 2. The second-order valence-corrected chi connectivity index (χ2v) is 7.76. The predicted octanol–water partition coefficient (Wildman–Crippen LogP) is 6.20. The SMILES string of the molecule is O=C(Nc1ccccc1/C=C/c1n[nH]c2ccccc12)c1cc2ccccc2s1. The highest BCUT2D eigenvalue weighted by molar-refractivity contribution is 7.20. The second kappa shape index (κ2) is 7.37. The summed E-state index contributed by atoms with van der Waals surface area (Å²) in [6, 6.07) is 25.7. The highest BCUT2D eigenvalue weighted by Gasteiger charge is 2.12. The summed E-state index contributed by atoms with van der Waals surface area (Å²) in [5.41, 5.74) is 3.56. The summed E-state index contributed by atoms with van der Waals surface area (Å²) in [6.45, 7) is 0. The molecule has 0 radical (unpaired) electrons. The smallest absolute Gasteiger partial charge is 0.265 e. The van der Waals surface area contributed by atoms with Crippen LogP contribution in [0.1, 0.15) is 20.9 Å². The zero-order chi connectivity index (χ0) is 19.6. The molecule has 2 heterocycles. The number of aromatic amines is 1. The molecule has 0 spiro atoms. The molecule has 5 aromatic rings. The van der Waals surface area contributed by atoms with Crippen LogP contribution in [0.25, 0.3) is 33.1 Å². The predicted molar refractivity (Wildman–Crippen MR) is 121 cm³/mol. The summed E-state index contributed by atoms with van der Waals surface area (Å²) in [7, 11) is 0. The quantitative estimate of drug-likeness (QED) is 0.381. The molecule has 0 saturated carbocycles. The molecule has 0 aliphatic carbocycles. The van der Waals surface area contributed by atoms with Gasteiger partial charge in [-0.05, 0) is 41.3 Å². The topological polar surface area (TPSA) is 57.8 Å². The van der Waals surface area contributed by atoms with Crippen molar-refractivity contribution in [3.8, 4) is 0 Å². The van der Waals surface area contributed by atoms with Crippen molar-refractivity contribution < 1.29 is 4.79 Å². The number of rotatable bonds is 4. The molecule has 5 heteroatoms. The third-order valence-electron chi connectivity index (χ3n) is 4.78. The van der Waals surface area contributed by atoms with E-state index < -0.39 is 0 Å². The maximum absolute atomic E-state index is 12.8. The molecule has 2 N–H and O–H groups in total. The Morgan fingerprint density at radius 1 is 0.931 bits per heavy atom. The Bertz CT molecular complexity index is 1330. The lowest BCUT2D eigenvalue weighted by Gasteiger charge is -2.07. The van der Waals surface area contributed by atoms with Crippen molar-refractivity contribution in [3.05, 3.63) is 95.0 Å². The third-order valence-corrected chi connectivity index (χ3v) is 5.89. The molecule has 0 aliphatic heterocycles. The van der Waals surface area contributed by atoms with Gasteiger partial charge in [-0.15, -0.1) is 11.3 Å². The first-order valence-electron chi connectivity index (χ1n) is 9.28. The summed E-state index contributed by atoms with van der Waals surface area (Å²) in [4.78, 5) is 13.5. The first kappa shape index (κ1) is 17.4. The zero-order valence-corrected chi connectivity index (χ0v) is 16.2. The maximum Gasteiger partial charge on any atom is 0.265 e. The van der Waals surface area contributed by atoms with Crippen molar-refractivity contribution in [2.24, 2.45) is 0 Å². The highest BCUT2D eigenvalue weighted by Crippen LogP contribution is 2.27. The number of para-hydroxylation sites is 2. The van der Waals surface area contributed by atoms with E-state index in [0.717, 1.165) is 37.9 Å². The van der Waals surface area contributed by atoms with Crippen LogP contribution in [0, 0.1) is 0 Å². The summed E-state index contributed by atoms with van der Waals surface area (Å²) in [5.74, 6) is -0.0998. The van der Waals surface area contributed by atoms with Gasteiger partial charge in [-0.2, -0.15) is 5.10 Å². The molecular weight excluding hydrogens is 378 g/mol. The summed E-state index contributed by atoms with van der Waals surface area (Å²) >= 11 is 1.50. The van der Waals surface area contributed by atoms with Crippen LogP contribution in [0.4, 0.5) is 5.69 Å². The number of nitrogens with zero attached hydrogens (tertiary/aromatic N) is 1. The van der Waals surface area contributed by atoms with Gasteiger partial charge in [0, 0.05) is 15.8 Å². The van der Waals surface area contributed by atoms with Gasteiger partial charge in [-0.1, -0.05) is 60.7 Å². The molecule has 2 aromatic heterocycles. The van der Waals surface area contributed by atoms with Crippen LogP contribution >= 0.6 is 11.3 Å². The van der Waals surface area contributed by atoms with Gasteiger partial charge in [0.15, 0.2) is 0 Å². The van der Waals surface area contributed by atoms with Crippen molar-refractivity contribution in [1.82, 2.24) is 10.2 Å². The Balaban J connectivity index is 1.42. The molecule has 3 aromatic carbocycles. The number of hydrogen-bond acceptors (Lipinski definition) is 3. The van der Waals surface area contributed by atoms with Crippen LogP contribution in [0.5, 0.6) is 0 Å². The van der Waals surface area contributed by atoms with Gasteiger partial charge in [0.05, 0.1) is 16.1 Å². The molecule has 140 valence electrons. The Kier molecular flexibility index (Phi) is 4.42. The Labute approximate surface area is 171 Å². The number of carbonyl (C=O) groups is 1. The number of amides is 1. The lowest BCUT2D eigenvalue weighted by atomic mass is 10.1. The number of thiophene rings is 1. The van der Waals surface area contributed by atoms with Gasteiger partial charge in [-0.25, -0.2) is 0 Å². The van der Waals surface area contributed by atoms with E-state index in [0.29, 0.717) is 4.88 Å². The molecule has 0 aliphatic rings. The van der Waals surface area contributed by atoms with E-state index in [-0.39, 0.29) is 5.91 Å². The van der Waals surface area contributed by atoms with Crippen LogP contribution in [0.2, 0.25) is 0 Å². The Morgan fingerprint density at radius 2 is 1.72 bits per heavy atom. The number of carbonyl (C=O) groups excluding carboxylic acids is 1. The monoisotopic (exact) mass is 395 g/mol. The lowest BCUT2D eigenvalue weighted by Crippen LogP contribution is -2.10. The van der Waals surface area contributed by atoms with E-state index in [1.807, 2.05) is 91.0 Å². The van der Waals surface area contributed by atoms with E-state index in [9.17, 15) is 4.79 Å². The van der Waals surface area contributed by atoms with Gasteiger partial charge in [0.1, 0.15) is 0 Å². The van der Waals surface area contributed by atoms with E-state index >= 15 is 0 Å².